The fraction of sp³-hybridized carbons (Fsp3) is 0.565. The summed E-state index contributed by atoms with van der Waals surface area (Å²) < 4.78 is 0. The molecule has 12 heteroatoms. The lowest BCUT2D eigenvalue weighted by Gasteiger charge is -2.32. The van der Waals surface area contributed by atoms with Gasteiger partial charge in [-0.1, -0.05) is 30.3 Å². The summed E-state index contributed by atoms with van der Waals surface area (Å²) in [4.78, 5) is 51.0. The molecule has 2 unspecified atom stereocenters. The maximum atomic E-state index is 13.3. The highest BCUT2D eigenvalue weighted by atomic mass is 35.5. The Morgan fingerprint density at radius 2 is 1.80 bits per heavy atom. The molecule has 0 radical (unpaired) electrons. The number of rotatable bonds is 9. The highest BCUT2D eigenvalue weighted by molar-refractivity contribution is 6.21. The van der Waals surface area contributed by atoms with Gasteiger partial charge in [0.05, 0.1) is 23.9 Å². The summed E-state index contributed by atoms with van der Waals surface area (Å²) in [6.07, 6.45) is -1.72. The van der Waals surface area contributed by atoms with Gasteiger partial charge in [0.2, 0.25) is 17.7 Å². The summed E-state index contributed by atoms with van der Waals surface area (Å²) in [5, 5.41) is 16.0. The van der Waals surface area contributed by atoms with Gasteiger partial charge in [-0.25, -0.2) is 0 Å². The van der Waals surface area contributed by atoms with Crippen LogP contribution in [0.1, 0.15) is 39.2 Å². The van der Waals surface area contributed by atoms with Gasteiger partial charge in [-0.2, -0.15) is 0 Å². The van der Waals surface area contributed by atoms with E-state index in [-0.39, 0.29) is 44.1 Å². The van der Waals surface area contributed by atoms with Gasteiger partial charge in [-0.3, -0.25) is 19.2 Å². The second-order valence-electron chi connectivity index (χ2n) is 9.61. The molecule has 2 rings (SSSR count). The van der Waals surface area contributed by atoms with Gasteiger partial charge in [-0.05, 0) is 39.2 Å². The van der Waals surface area contributed by atoms with Crippen LogP contribution in [0.2, 0.25) is 0 Å². The van der Waals surface area contributed by atoms with E-state index in [1.165, 1.54) is 4.90 Å². The van der Waals surface area contributed by atoms with Gasteiger partial charge < -0.3 is 32.1 Å². The number of nitrogens with two attached hydrogens (primary N) is 2. The fourth-order valence-corrected chi connectivity index (χ4v) is 4.10. The number of carbonyl (C=O) groups excluding carboxylic acids is 4. The number of hydrogen-bond acceptors (Lipinski definition) is 6. The Morgan fingerprint density at radius 1 is 1.20 bits per heavy atom. The number of hydrogen-bond donors (Lipinski definition) is 5. The van der Waals surface area contributed by atoms with Crippen molar-refractivity contribution < 1.29 is 24.3 Å². The van der Waals surface area contributed by atoms with Gasteiger partial charge >= 0.3 is 0 Å². The summed E-state index contributed by atoms with van der Waals surface area (Å²) in [6, 6.07) is 5.79. The fourth-order valence-electron chi connectivity index (χ4n) is 3.78. The zero-order valence-corrected chi connectivity index (χ0v) is 21.6. The van der Waals surface area contributed by atoms with Crippen LogP contribution >= 0.6 is 24.0 Å². The van der Waals surface area contributed by atoms with Crippen LogP contribution in [-0.4, -0.2) is 75.3 Å². The Kier molecular flexibility index (Phi) is 11.4. The van der Waals surface area contributed by atoms with Crippen molar-refractivity contribution in [3.63, 3.8) is 0 Å². The minimum absolute atomic E-state index is 0. The second-order valence-corrected chi connectivity index (χ2v) is 10.2. The first kappa shape index (κ1) is 30.6. The first-order valence-electron chi connectivity index (χ1n) is 11.1. The molecule has 4 amide bonds. The molecule has 10 nitrogen and oxygen atoms in total. The smallest absolute Gasteiger partial charge is 0.254 e. The van der Waals surface area contributed by atoms with Crippen molar-refractivity contribution in [3.05, 3.63) is 35.9 Å². The lowest BCUT2D eigenvalue weighted by Crippen LogP contribution is -2.58. The van der Waals surface area contributed by atoms with Gasteiger partial charge in [0.15, 0.2) is 6.10 Å². The summed E-state index contributed by atoms with van der Waals surface area (Å²) in [6.45, 7) is 5.53. The Balaban J connectivity index is 0.00000612. The van der Waals surface area contributed by atoms with E-state index in [0.717, 1.165) is 5.56 Å². The number of nitrogens with one attached hydrogen (secondary N) is 2. The van der Waals surface area contributed by atoms with Crippen molar-refractivity contribution in [2.75, 3.05) is 6.54 Å². The van der Waals surface area contributed by atoms with Crippen molar-refractivity contribution in [2.45, 2.75) is 75.2 Å². The molecule has 35 heavy (non-hydrogen) atoms. The number of halogens is 2. The Morgan fingerprint density at radius 3 is 2.34 bits per heavy atom. The number of aliphatic hydroxyl groups is 1. The third-order valence-electron chi connectivity index (χ3n) is 5.35. The number of nitrogens with zero attached hydrogens (tertiary/aromatic N) is 1. The number of aliphatic hydroxyl groups excluding tert-OH is 1. The van der Waals surface area contributed by atoms with E-state index in [1.807, 2.05) is 26.8 Å². The summed E-state index contributed by atoms with van der Waals surface area (Å²) in [7, 11) is 0. The lowest BCUT2D eigenvalue weighted by molar-refractivity contribution is -0.147. The molecule has 1 heterocycles. The van der Waals surface area contributed by atoms with Crippen LogP contribution in [0.4, 0.5) is 0 Å². The van der Waals surface area contributed by atoms with Gasteiger partial charge in [0, 0.05) is 12.1 Å². The molecule has 1 aliphatic rings. The highest BCUT2D eigenvalue weighted by Crippen LogP contribution is 2.25. The van der Waals surface area contributed by atoms with Crippen molar-refractivity contribution in [1.29, 1.82) is 0 Å². The summed E-state index contributed by atoms with van der Waals surface area (Å²) in [5.74, 6) is -2.59. The molecule has 0 aromatic heterocycles. The zero-order valence-electron chi connectivity index (χ0n) is 20.1. The molecule has 0 bridgehead atoms. The minimum atomic E-state index is -1.68. The van der Waals surface area contributed by atoms with E-state index in [4.69, 9.17) is 23.1 Å². The van der Waals surface area contributed by atoms with Gasteiger partial charge in [-0.15, -0.1) is 24.0 Å². The first-order valence-corrected chi connectivity index (χ1v) is 11.5. The monoisotopic (exact) mass is 531 g/mol. The number of likely N-dealkylation sites (tertiary alicyclic amines) is 1. The molecule has 0 spiro atoms. The predicted molar refractivity (Wildman–Crippen MR) is 135 cm³/mol. The van der Waals surface area contributed by atoms with E-state index in [1.54, 1.807) is 24.3 Å². The molecular weight excluding hydrogens is 497 g/mol. The molecular formula is C23H35Cl2N5O5. The SMILES string of the molecule is CC(C)(C)NC(=O)C1C[C@H](Cl)CN1C(=O)[C@@H](O)[C@H](Cc1ccccc1)NC(=O)C(N)CC(N)=O.Cl. The quantitative estimate of drug-likeness (QED) is 0.277. The zero-order chi connectivity index (χ0) is 25.6. The number of carbonyl (C=O) groups is 4. The molecule has 7 N–H and O–H groups in total. The van der Waals surface area contributed by atoms with Crippen LogP contribution in [0.3, 0.4) is 0 Å². The van der Waals surface area contributed by atoms with E-state index in [0.29, 0.717) is 0 Å². The van der Waals surface area contributed by atoms with E-state index >= 15 is 0 Å². The normalized spacial score (nSPS) is 20.2. The second kappa shape index (κ2) is 13.1. The Labute approximate surface area is 216 Å². The number of benzene rings is 1. The Bertz CT molecular complexity index is 896. The lowest BCUT2D eigenvalue weighted by atomic mass is 9.99. The molecule has 0 aliphatic carbocycles. The summed E-state index contributed by atoms with van der Waals surface area (Å²) in [5.41, 5.74) is 11.1. The molecule has 1 aromatic rings. The Hall–Kier alpha value is -2.40. The van der Waals surface area contributed by atoms with Gasteiger partial charge in [0.25, 0.3) is 5.91 Å². The largest absolute Gasteiger partial charge is 0.381 e. The summed E-state index contributed by atoms with van der Waals surface area (Å²) >= 11 is 6.26. The van der Waals surface area contributed by atoms with E-state index in [9.17, 15) is 24.3 Å². The molecule has 0 saturated carbocycles. The average molecular weight is 532 g/mol. The van der Waals surface area contributed by atoms with Crippen LogP contribution in [0.5, 0.6) is 0 Å². The standard InChI is InChI=1S/C23H34ClN5O5.ClH/c1-23(2,3)28-21(33)17-10-14(24)12-29(17)22(34)19(31)16(9-13-7-5-4-6-8-13)27-20(32)15(25)11-18(26)30;/h4-8,14-17,19,31H,9-12,25H2,1-3H3,(H2,26,30)(H,27,32)(H,28,33);1H/t14-,15?,16-,17?,19-;/m0./s1. The van der Waals surface area contributed by atoms with Crippen molar-refractivity contribution in [2.24, 2.45) is 11.5 Å². The molecule has 1 aliphatic heterocycles. The van der Waals surface area contributed by atoms with E-state index in [2.05, 4.69) is 10.6 Å². The maximum Gasteiger partial charge on any atom is 0.254 e. The van der Waals surface area contributed by atoms with Crippen molar-refractivity contribution in [1.82, 2.24) is 15.5 Å². The topological polar surface area (TPSA) is 168 Å². The maximum absolute atomic E-state index is 13.3. The minimum Gasteiger partial charge on any atom is -0.381 e. The van der Waals surface area contributed by atoms with Crippen molar-refractivity contribution >= 4 is 47.6 Å². The van der Waals surface area contributed by atoms with Crippen LogP contribution in [0, 0.1) is 0 Å². The number of amides is 4. The van der Waals surface area contributed by atoms with Crippen LogP contribution in [-0.2, 0) is 25.6 Å². The number of alkyl halides is 1. The van der Waals surface area contributed by atoms with Crippen LogP contribution < -0.4 is 22.1 Å². The highest BCUT2D eigenvalue weighted by Gasteiger charge is 2.43. The molecule has 1 saturated heterocycles. The van der Waals surface area contributed by atoms with Gasteiger partial charge in [0.1, 0.15) is 6.04 Å². The molecule has 1 aromatic carbocycles. The first-order chi connectivity index (χ1) is 15.8. The van der Waals surface area contributed by atoms with Crippen LogP contribution in [0.25, 0.3) is 0 Å². The third-order valence-corrected chi connectivity index (χ3v) is 5.67. The molecule has 1 fully saturated rings. The number of primary amides is 1. The molecule has 5 atom stereocenters. The van der Waals surface area contributed by atoms with E-state index < -0.39 is 52.9 Å². The third kappa shape index (κ3) is 9.29. The molecule has 196 valence electrons. The average Bonchev–Trinajstić information content (AvgIpc) is 3.13. The predicted octanol–water partition coefficient (Wildman–Crippen LogP) is -0.178. The van der Waals surface area contributed by atoms with Crippen molar-refractivity contribution in [3.8, 4) is 0 Å². The van der Waals surface area contributed by atoms with Crippen LogP contribution in [0.15, 0.2) is 30.3 Å².